The van der Waals surface area contributed by atoms with Gasteiger partial charge in [-0.25, -0.2) is 14.6 Å². The number of hydrogen-bond donors (Lipinski definition) is 4. The Labute approximate surface area is 175 Å². The predicted octanol–water partition coefficient (Wildman–Crippen LogP) is 3.06. The number of primary amides is 1. The second-order valence-corrected chi connectivity index (χ2v) is 7.64. The van der Waals surface area contributed by atoms with Gasteiger partial charge in [-0.2, -0.15) is 0 Å². The summed E-state index contributed by atoms with van der Waals surface area (Å²) in [4.78, 5) is 39.3. The van der Waals surface area contributed by atoms with Crippen LogP contribution in [0.1, 0.15) is 28.2 Å². The third-order valence-electron chi connectivity index (χ3n) is 3.75. The molecular formula is C17H18Cl2N4O4S. The molecule has 0 saturated heterocycles. The van der Waals surface area contributed by atoms with Gasteiger partial charge in [0.2, 0.25) is 0 Å². The zero-order valence-corrected chi connectivity index (χ0v) is 17.1. The highest BCUT2D eigenvalue weighted by Gasteiger charge is 2.24. The summed E-state index contributed by atoms with van der Waals surface area (Å²) in [5, 5.41) is 15.4. The number of urea groups is 1. The van der Waals surface area contributed by atoms with Gasteiger partial charge in [0.1, 0.15) is 15.9 Å². The number of nitrogens with zero attached hydrogens (tertiary/aromatic N) is 1. The minimum absolute atomic E-state index is 0.127. The van der Waals surface area contributed by atoms with E-state index < -0.39 is 23.9 Å². The summed E-state index contributed by atoms with van der Waals surface area (Å²) in [6.45, 7) is 1.86. The summed E-state index contributed by atoms with van der Waals surface area (Å²) in [6.07, 6.45) is 0.463. The summed E-state index contributed by atoms with van der Waals surface area (Å²) in [7, 11) is 0. The number of nitrogens with two attached hydrogens (primary N) is 1. The zero-order chi connectivity index (χ0) is 20.8. The number of rotatable bonds is 8. The summed E-state index contributed by atoms with van der Waals surface area (Å²) in [5.41, 5.74) is 5.91. The molecule has 2 rings (SSSR count). The number of aryl methyl sites for hydroxylation is 1. The molecule has 28 heavy (non-hydrogen) atoms. The van der Waals surface area contributed by atoms with Crippen LogP contribution in [0.15, 0.2) is 18.2 Å². The van der Waals surface area contributed by atoms with Crippen molar-refractivity contribution in [3.05, 3.63) is 38.8 Å². The lowest BCUT2D eigenvalue weighted by Crippen LogP contribution is -2.41. The number of aliphatic carboxylic acids is 1. The second-order valence-electron chi connectivity index (χ2n) is 5.83. The highest BCUT2D eigenvalue weighted by Crippen LogP contribution is 2.37. The molecular weight excluding hydrogens is 427 g/mol. The van der Waals surface area contributed by atoms with E-state index in [2.05, 4.69) is 15.6 Å². The Balaban J connectivity index is 2.14. The SMILES string of the molecule is Cc1nc(-c2c(Cl)cccc2Cl)sc1C(=O)N[C@@H](CCCNC(N)=O)C(=O)O. The number of carbonyl (C=O) groups is 3. The van der Waals surface area contributed by atoms with Crippen molar-refractivity contribution in [1.82, 2.24) is 15.6 Å². The molecule has 1 aromatic carbocycles. The maximum absolute atomic E-state index is 12.6. The largest absolute Gasteiger partial charge is 0.480 e. The number of hydrogen-bond acceptors (Lipinski definition) is 5. The van der Waals surface area contributed by atoms with Gasteiger partial charge in [-0.05, 0) is 31.9 Å². The number of amides is 3. The van der Waals surface area contributed by atoms with E-state index in [9.17, 15) is 19.5 Å². The first-order valence-electron chi connectivity index (χ1n) is 8.19. The van der Waals surface area contributed by atoms with Crippen molar-refractivity contribution in [1.29, 1.82) is 0 Å². The Hall–Kier alpha value is -2.36. The van der Waals surface area contributed by atoms with Gasteiger partial charge in [0, 0.05) is 12.1 Å². The van der Waals surface area contributed by atoms with Crippen molar-refractivity contribution < 1.29 is 19.5 Å². The van der Waals surface area contributed by atoms with E-state index in [4.69, 9.17) is 28.9 Å². The number of benzene rings is 1. The highest BCUT2D eigenvalue weighted by atomic mass is 35.5. The molecule has 0 saturated carbocycles. The molecule has 5 N–H and O–H groups in total. The Morgan fingerprint density at radius 1 is 1.29 bits per heavy atom. The maximum Gasteiger partial charge on any atom is 0.326 e. The normalized spacial score (nSPS) is 11.7. The van der Waals surface area contributed by atoms with Crippen molar-refractivity contribution in [2.24, 2.45) is 5.73 Å². The first kappa shape index (κ1) is 21.9. The van der Waals surface area contributed by atoms with Crippen LogP contribution in [0.2, 0.25) is 10.0 Å². The van der Waals surface area contributed by atoms with Crippen LogP contribution in [-0.2, 0) is 4.79 Å². The smallest absolute Gasteiger partial charge is 0.326 e. The van der Waals surface area contributed by atoms with E-state index in [-0.39, 0.29) is 17.8 Å². The van der Waals surface area contributed by atoms with Crippen LogP contribution in [0, 0.1) is 6.92 Å². The minimum atomic E-state index is -1.18. The van der Waals surface area contributed by atoms with Crippen LogP contribution in [0.5, 0.6) is 0 Å². The lowest BCUT2D eigenvalue weighted by molar-refractivity contribution is -0.139. The van der Waals surface area contributed by atoms with Crippen molar-refractivity contribution in [3.8, 4) is 10.6 Å². The van der Waals surface area contributed by atoms with Crippen molar-refractivity contribution in [2.75, 3.05) is 6.54 Å². The number of carboxylic acids is 1. The molecule has 150 valence electrons. The van der Waals surface area contributed by atoms with Crippen LogP contribution in [0.4, 0.5) is 4.79 Å². The van der Waals surface area contributed by atoms with E-state index >= 15 is 0 Å². The van der Waals surface area contributed by atoms with Gasteiger partial charge >= 0.3 is 12.0 Å². The number of carbonyl (C=O) groups excluding carboxylic acids is 2. The standard InChI is InChI=1S/C17H18Cl2N4O4S/c1-8-13(28-15(22-8)12-9(18)4-2-5-10(12)19)14(24)23-11(16(25)26)6-3-7-21-17(20)27/h2,4-5,11H,3,6-7H2,1H3,(H,23,24)(H,25,26)(H3,20,21,27)/t11-/m0/s1. The number of carboxylic acid groups (broad SMARTS) is 1. The molecule has 11 heteroatoms. The first-order chi connectivity index (χ1) is 13.2. The van der Waals surface area contributed by atoms with Gasteiger partial charge in [0.25, 0.3) is 5.91 Å². The molecule has 0 radical (unpaired) electrons. The molecule has 1 atom stereocenters. The summed E-state index contributed by atoms with van der Waals surface area (Å²) < 4.78 is 0. The average molecular weight is 445 g/mol. The van der Waals surface area contributed by atoms with Crippen LogP contribution >= 0.6 is 34.5 Å². The fraction of sp³-hybridized carbons (Fsp3) is 0.294. The molecule has 1 heterocycles. The number of nitrogens with one attached hydrogen (secondary N) is 2. The first-order valence-corrected chi connectivity index (χ1v) is 9.76. The van der Waals surface area contributed by atoms with Gasteiger partial charge < -0.3 is 21.5 Å². The van der Waals surface area contributed by atoms with Crippen LogP contribution < -0.4 is 16.4 Å². The molecule has 3 amide bonds. The van der Waals surface area contributed by atoms with Crippen molar-refractivity contribution in [3.63, 3.8) is 0 Å². The number of thiazole rings is 1. The Morgan fingerprint density at radius 2 is 1.93 bits per heavy atom. The molecule has 1 aromatic heterocycles. The molecule has 0 fully saturated rings. The molecule has 0 aliphatic heterocycles. The van der Waals surface area contributed by atoms with Gasteiger partial charge in [0.15, 0.2) is 0 Å². The Bertz CT molecular complexity index is 883. The van der Waals surface area contributed by atoms with Gasteiger partial charge in [0.05, 0.1) is 15.7 Å². The third kappa shape index (κ3) is 5.57. The summed E-state index contributed by atoms with van der Waals surface area (Å²) in [6, 6.07) is 3.23. The van der Waals surface area contributed by atoms with Gasteiger partial charge in [-0.1, -0.05) is 29.3 Å². The number of halogens is 2. The summed E-state index contributed by atoms with van der Waals surface area (Å²) in [5.74, 6) is -1.73. The van der Waals surface area contributed by atoms with E-state index in [0.29, 0.717) is 32.7 Å². The third-order valence-corrected chi connectivity index (χ3v) is 5.56. The lowest BCUT2D eigenvalue weighted by atomic mass is 10.1. The van der Waals surface area contributed by atoms with E-state index in [1.807, 2.05) is 0 Å². The van der Waals surface area contributed by atoms with Crippen LogP contribution in [-0.4, -0.2) is 40.6 Å². The molecule has 0 aliphatic carbocycles. The molecule has 0 aliphatic rings. The predicted molar refractivity (Wildman–Crippen MR) is 108 cm³/mol. The fourth-order valence-electron chi connectivity index (χ4n) is 2.42. The second kappa shape index (κ2) is 9.72. The quantitative estimate of drug-likeness (QED) is 0.464. The number of aromatic nitrogens is 1. The van der Waals surface area contributed by atoms with Crippen molar-refractivity contribution in [2.45, 2.75) is 25.8 Å². The van der Waals surface area contributed by atoms with Crippen molar-refractivity contribution >= 4 is 52.4 Å². The Morgan fingerprint density at radius 3 is 2.50 bits per heavy atom. The average Bonchev–Trinajstić information content (AvgIpc) is 2.98. The van der Waals surface area contributed by atoms with E-state index in [1.165, 1.54) is 0 Å². The molecule has 2 aromatic rings. The van der Waals surface area contributed by atoms with Crippen LogP contribution in [0.25, 0.3) is 10.6 Å². The van der Waals surface area contributed by atoms with Gasteiger partial charge in [-0.3, -0.25) is 4.79 Å². The summed E-state index contributed by atoms with van der Waals surface area (Å²) >= 11 is 13.5. The van der Waals surface area contributed by atoms with Crippen LogP contribution in [0.3, 0.4) is 0 Å². The highest BCUT2D eigenvalue weighted by molar-refractivity contribution is 7.17. The molecule has 8 nitrogen and oxygen atoms in total. The van der Waals surface area contributed by atoms with Gasteiger partial charge in [-0.15, -0.1) is 11.3 Å². The molecule has 0 unspecified atom stereocenters. The minimum Gasteiger partial charge on any atom is -0.480 e. The van der Waals surface area contributed by atoms with E-state index in [1.54, 1.807) is 25.1 Å². The fourth-order valence-corrected chi connectivity index (χ4v) is 4.15. The maximum atomic E-state index is 12.6. The molecule has 0 bridgehead atoms. The monoisotopic (exact) mass is 444 g/mol. The lowest BCUT2D eigenvalue weighted by Gasteiger charge is -2.14. The zero-order valence-electron chi connectivity index (χ0n) is 14.8. The topological polar surface area (TPSA) is 134 Å². The molecule has 0 spiro atoms. The van der Waals surface area contributed by atoms with E-state index in [0.717, 1.165) is 11.3 Å². The Kier molecular flexibility index (Phi) is 7.61.